The Morgan fingerprint density at radius 2 is 1.84 bits per heavy atom. The van der Waals surface area contributed by atoms with Crippen LogP contribution in [0.1, 0.15) is 62.8 Å². The van der Waals surface area contributed by atoms with Gasteiger partial charge < -0.3 is 15.5 Å². The first-order valence-corrected chi connectivity index (χ1v) is 16.4. The number of carbonyl (C=O) groups is 3. The van der Waals surface area contributed by atoms with Gasteiger partial charge in [0, 0.05) is 43.7 Å². The van der Waals surface area contributed by atoms with Crippen molar-refractivity contribution < 1.29 is 14.4 Å². The van der Waals surface area contributed by atoms with Gasteiger partial charge in [0.25, 0.3) is 0 Å². The summed E-state index contributed by atoms with van der Waals surface area (Å²) in [5.41, 5.74) is 2.81. The molecular formula is C31H44N8O3S. The zero-order valence-corrected chi connectivity index (χ0v) is 26.7. The molecule has 0 fully saturated rings. The zero-order chi connectivity index (χ0) is 30.9. The van der Waals surface area contributed by atoms with Crippen LogP contribution in [0.15, 0.2) is 36.4 Å². The number of amides is 3. The third kappa shape index (κ3) is 8.68. The van der Waals surface area contributed by atoms with Gasteiger partial charge in [-0.1, -0.05) is 44.2 Å². The van der Waals surface area contributed by atoms with E-state index in [-0.39, 0.29) is 30.1 Å². The molecule has 0 aliphatic carbocycles. The molecule has 3 amide bonds. The smallest absolute Gasteiger partial charge is 0.243 e. The molecule has 4 rings (SSSR count). The normalized spacial score (nSPS) is 18.6. The topological polar surface area (TPSA) is 127 Å². The van der Waals surface area contributed by atoms with E-state index < -0.39 is 12.1 Å². The van der Waals surface area contributed by atoms with Crippen LogP contribution in [-0.4, -0.2) is 78.3 Å². The van der Waals surface area contributed by atoms with E-state index in [2.05, 4.69) is 15.7 Å². The maximum Gasteiger partial charge on any atom is 0.243 e. The molecule has 3 aromatic rings. The maximum atomic E-state index is 13.5. The van der Waals surface area contributed by atoms with Gasteiger partial charge in [-0.25, -0.2) is 9.67 Å². The summed E-state index contributed by atoms with van der Waals surface area (Å²) in [7, 11) is 0. The highest BCUT2D eigenvalue weighted by Crippen LogP contribution is 2.25. The summed E-state index contributed by atoms with van der Waals surface area (Å²) >= 11 is 1.63. The molecule has 12 heteroatoms. The van der Waals surface area contributed by atoms with Crippen LogP contribution in [0.5, 0.6) is 0 Å². The molecule has 3 heterocycles. The number of nitrogens with one attached hydrogen (secondary N) is 2. The molecule has 2 aromatic heterocycles. The van der Waals surface area contributed by atoms with Gasteiger partial charge in [0.05, 0.1) is 18.3 Å². The Kier molecular flexibility index (Phi) is 11.4. The number of fused-ring (bicyclic) bond motifs is 1. The second-order valence-corrected chi connectivity index (χ2v) is 12.4. The van der Waals surface area contributed by atoms with Crippen molar-refractivity contribution >= 4 is 29.5 Å². The quantitative estimate of drug-likeness (QED) is 0.401. The fourth-order valence-corrected chi connectivity index (χ4v) is 5.75. The van der Waals surface area contributed by atoms with Crippen molar-refractivity contribution in [3.8, 4) is 11.4 Å². The van der Waals surface area contributed by atoms with Gasteiger partial charge in [0.2, 0.25) is 17.7 Å². The average molecular weight is 609 g/mol. The molecule has 232 valence electrons. The first kappa shape index (κ1) is 32.2. The van der Waals surface area contributed by atoms with E-state index in [0.717, 1.165) is 22.7 Å². The minimum absolute atomic E-state index is 0.00108. The van der Waals surface area contributed by atoms with E-state index in [9.17, 15) is 14.4 Å². The van der Waals surface area contributed by atoms with Crippen LogP contribution in [0.25, 0.3) is 11.4 Å². The molecule has 1 aromatic carbocycles. The second kappa shape index (κ2) is 15.2. The summed E-state index contributed by atoms with van der Waals surface area (Å²) < 4.78 is 3.69. The fraction of sp³-hybridized carbons (Fsp3) is 0.548. The Labute approximate surface area is 258 Å². The third-order valence-electron chi connectivity index (χ3n) is 7.64. The third-order valence-corrected chi connectivity index (χ3v) is 8.29. The van der Waals surface area contributed by atoms with Crippen LogP contribution in [0.4, 0.5) is 0 Å². The first-order valence-electron chi connectivity index (χ1n) is 15.0. The molecule has 0 spiro atoms. The minimum atomic E-state index is -0.660. The van der Waals surface area contributed by atoms with Crippen LogP contribution in [0.3, 0.4) is 0 Å². The van der Waals surface area contributed by atoms with Gasteiger partial charge in [0.15, 0.2) is 11.6 Å². The van der Waals surface area contributed by atoms with Crippen LogP contribution in [0.2, 0.25) is 0 Å². The van der Waals surface area contributed by atoms with E-state index >= 15 is 0 Å². The van der Waals surface area contributed by atoms with Crippen molar-refractivity contribution in [1.82, 2.24) is 40.1 Å². The van der Waals surface area contributed by atoms with Crippen LogP contribution in [0, 0.1) is 19.8 Å². The molecular weight excluding hydrogens is 564 g/mol. The highest BCUT2D eigenvalue weighted by Gasteiger charge is 2.30. The lowest BCUT2D eigenvalue weighted by atomic mass is 10.0. The van der Waals surface area contributed by atoms with Crippen molar-refractivity contribution in [2.24, 2.45) is 5.92 Å². The largest absolute Gasteiger partial charge is 0.344 e. The molecule has 0 unspecified atom stereocenters. The zero-order valence-electron chi connectivity index (χ0n) is 25.9. The monoisotopic (exact) mass is 608 g/mol. The van der Waals surface area contributed by atoms with E-state index in [1.807, 2.05) is 84.6 Å². The molecule has 43 heavy (non-hydrogen) atoms. The number of aryl methyl sites for hydroxylation is 3. The van der Waals surface area contributed by atoms with Crippen LogP contribution < -0.4 is 10.6 Å². The Morgan fingerprint density at radius 1 is 1.07 bits per heavy atom. The van der Waals surface area contributed by atoms with E-state index in [4.69, 9.17) is 10.1 Å². The highest BCUT2D eigenvalue weighted by atomic mass is 32.2. The lowest BCUT2D eigenvalue weighted by molar-refractivity contribution is -0.132. The van der Waals surface area contributed by atoms with Gasteiger partial charge in [-0.05, 0) is 50.7 Å². The number of benzene rings is 1. The Bertz CT molecular complexity index is 1390. The summed E-state index contributed by atoms with van der Waals surface area (Å²) in [4.78, 5) is 46.7. The molecule has 0 radical (unpaired) electrons. The molecule has 2 atom stereocenters. The van der Waals surface area contributed by atoms with E-state index in [1.54, 1.807) is 11.8 Å². The predicted octanol–water partition coefficient (Wildman–Crippen LogP) is 3.52. The SMILES string of the molecule is CSCC[C@@H]1NC(=O)CCCN(C(=O)CCn2nc(C)cc2C)CCn2nc(-c3ccccc3)nc2[C@@H](C(C)C)NC1=O. The average Bonchev–Trinajstić information content (AvgIpc) is 3.55. The molecule has 0 saturated carbocycles. The molecule has 0 bridgehead atoms. The molecule has 1 aliphatic rings. The molecule has 0 saturated heterocycles. The number of hydrogen-bond acceptors (Lipinski definition) is 7. The number of aromatic nitrogens is 5. The molecule has 1 aliphatic heterocycles. The number of carbonyl (C=O) groups excluding carboxylic acids is 3. The van der Waals surface area contributed by atoms with E-state index in [1.165, 1.54) is 0 Å². The number of nitrogens with zero attached hydrogens (tertiary/aromatic N) is 6. The number of rotatable bonds is 8. The standard InChI is InChI=1S/C31H44N8O3S/c1-21(2)28-30-34-29(24-10-7-6-8-11-24)36-39(30)18-17-37(27(41)13-16-38-23(4)20-22(3)35-38)15-9-12-26(40)32-25(14-19-43-5)31(42)33-28/h6-8,10-11,20-21,25,28H,9,12-19H2,1-5H3,(H,32,40)(H,33,42)/t25-,28+/m0/s1. The summed E-state index contributed by atoms with van der Waals surface area (Å²) in [6, 6.07) is 10.6. The van der Waals surface area contributed by atoms with Crippen molar-refractivity contribution in [2.75, 3.05) is 25.1 Å². The van der Waals surface area contributed by atoms with Crippen molar-refractivity contribution in [2.45, 2.75) is 78.6 Å². The lowest BCUT2D eigenvalue weighted by Crippen LogP contribution is -2.49. The predicted molar refractivity (Wildman–Crippen MR) is 168 cm³/mol. The number of hydrogen-bond donors (Lipinski definition) is 2. The molecule has 11 nitrogen and oxygen atoms in total. The lowest BCUT2D eigenvalue weighted by Gasteiger charge is -2.28. The van der Waals surface area contributed by atoms with Crippen molar-refractivity contribution in [3.05, 3.63) is 53.6 Å². The van der Waals surface area contributed by atoms with Gasteiger partial charge in [-0.3, -0.25) is 19.1 Å². The summed E-state index contributed by atoms with van der Waals surface area (Å²) in [5, 5.41) is 15.5. The maximum absolute atomic E-state index is 13.5. The minimum Gasteiger partial charge on any atom is -0.344 e. The first-order chi connectivity index (χ1) is 20.7. The Balaban J connectivity index is 1.65. The van der Waals surface area contributed by atoms with Gasteiger partial charge >= 0.3 is 0 Å². The summed E-state index contributed by atoms with van der Waals surface area (Å²) in [5.74, 6) is 1.50. The Hall–Kier alpha value is -3.67. The second-order valence-electron chi connectivity index (χ2n) is 11.4. The van der Waals surface area contributed by atoms with Crippen molar-refractivity contribution in [3.63, 3.8) is 0 Å². The van der Waals surface area contributed by atoms with Gasteiger partial charge in [-0.2, -0.15) is 22.0 Å². The van der Waals surface area contributed by atoms with E-state index in [0.29, 0.717) is 57.1 Å². The van der Waals surface area contributed by atoms with Gasteiger partial charge in [-0.15, -0.1) is 0 Å². The number of thioether (sulfide) groups is 1. The van der Waals surface area contributed by atoms with Gasteiger partial charge in [0.1, 0.15) is 6.04 Å². The molecule has 2 N–H and O–H groups in total. The summed E-state index contributed by atoms with van der Waals surface area (Å²) in [6.45, 7) is 9.70. The summed E-state index contributed by atoms with van der Waals surface area (Å²) in [6.07, 6.45) is 3.51. The fourth-order valence-electron chi connectivity index (χ4n) is 5.28. The van der Waals surface area contributed by atoms with Crippen LogP contribution >= 0.6 is 11.8 Å². The Morgan fingerprint density at radius 3 is 2.51 bits per heavy atom. The van der Waals surface area contributed by atoms with Crippen molar-refractivity contribution in [1.29, 1.82) is 0 Å². The van der Waals surface area contributed by atoms with Crippen LogP contribution in [-0.2, 0) is 27.5 Å². The highest BCUT2D eigenvalue weighted by molar-refractivity contribution is 7.98.